The molecule has 1 aliphatic heterocycles. The number of ether oxygens (including phenoxy) is 1. The number of nitrogens with zero attached hydrogens (tertiary/aromatic N) is 1. The normalized spacial score (nSPS) is 36.4. The lowest BCUT2D eigenvalue weighted by molar-refractivity contribution is -0.163. The van der Waals surface area contributed by atoms with Crippen LogP contribution in [0.5, 0.6) is 0 Å². The van der Waals surface area contributed by atoms with Gasteiger partial charge in [0.1, 0.15) is 5.60 Å². The van der Waals surface area contributed by atoms with Gasteiger partial charge in [0.05, 0.1) is 6.10 Å². The number of rotatable bonds is 0. The first-order valence-corrected chi connectivity index (χ1v) is 6.55. The molecule has 1 saturated carbocycles. The van der Waals surface area contributed by atoms with Gasteiger partial charge in [-0.25, -0.2) is 9.18 Å². The molecule has 1 aliphatic carbocycles. The Bertz CT molecular complexity index is 332. The van der Waals surface area contributed by atoms with E-state index < -0.39 is 23.4 Å². The number of amides is 1. The van der Waals surface area contributed by atoms with Crippen LogP contribution in [0.3, 0.4) is 0 Å². The van der Waals surface area contributed by atoms with E-state index in [2.05, 4.69) is 0 Å². The molecule has 0 radical (unpaired) electrons. The number of halogens is 1. The molecule has 1 amide bonds. The predicted molar refractivity (Wildman–Crippen MR) is 64.7 cm³/mol. The van der Waals surface area contributed by atoms with Gasteiger partial charge >= 0.3 is 6.09 Å². The molecule has 4 nitrogen and oxygen atoms in total. The summed E-state index contributed by atoms with van der Waals surface area (Å²) < 4.78 is 19.4. The van der Waals surface area contributed by atoms with E-state index in [4.69, 9.17) is 4.74 Å². The largest absolute Gasteiger partial charge is 0.444 e. The van der Waals surface area contributed by atoms with E-state index in [0.29, 0.717) is 32.2 Å². The van der Waals surface area contributed by atoms with Crippen molar-refractivity contribution in [2.45, 2.75) is 64.5 Å². The zero-order chi connectivity index (χ0) is 13.6. The third-order valence-electron chi connectivity index (χ3n) is 3.84. The maximum atomic E-state index is 14.2. The molecular weight excluding hydrogens is 237 g/mol. The lowest BCUT2D eigenvalue weighted by atomic mass is 9.67. The van der Waals surface area contributed by atoms with Gasteiger partial charge in [-0.05, 0) is 46.5 Å². The maximum absolute atomic E-state index is 14.2. The second-order valence-electron chi connectivity index (χ2n) is 6.54. The molecule has 1 spiro atoms. The zero-order valence-corrected chi connectivity index (χ0v) is 11.3. The molecule has 18 heavy (non-hydrogen) atoms. The van der Waals surface area contributed by atoms with Gasteiger partial charge < -0.3 is 9.84 Å². The average molecular weight is 259 g/mol. The second kappa shape index (κ2) is 4.37. The van der Waals surface area contributed by atoms with Crippen LogP contribution in [-0.2, 0) is 4.74 Å². The summed E-state index contributed by atoms with van der Waals surface area (Å²) in [5.41, 5.74) is -1.03. The number of alkyl halides is 1. The van der Waals surface area contributed by atoms with Crippen LogP contribution in [0.25, 0.3) is 0 Å². The first-order valence-electron chi connectivity index (χ1n) is 6.55. The highest BCUT2D eigenvalue weighted by molar-refractivity contribution is 5.69. The van der Waals surface area contributed by atoms with Gasteiger partial charge in [-0.3, -0.25) is 4.90 Å². The standard InChI is InChI=1S/C13H22FNO3/c1-12(2,3)18-11(17)15-8-13(10(15)14)6-4-9(16)5-7-13/h9-10,16H,4-8H2,1-3H3. The fraction of sp³-hybridized carbons (Fsp3) is 0.923. The van der Waals surface area contributed by atoms with Crippen molar-refractivity contribution in [3.8, 4) is 0 Å². The van der Waals surface area contributed by atoms with Crippen molar-refractivity contribution < 1.29 is 19.0 Å². The van der Waals surface area contributed by atoms with E-state index in [0.717, 1.165) is 4.90 Å². The number of aliphatic hydroxyl groups excluding tert-OH is 1. The molecule has 2 aliphatic rings. The van der Waals surface area contributed by atoms with E-state index in [1.54, 1.807) is 20.8 Å². The highest BCUT2D eigenvalue weighted by atomic mass is 19.1. The Morgan fingerprint density at radius 2 is 1.94 bits per heavy atom. The molecule has 5 heteroatoms. The minimum atomic E-state index is -1.26. The SMILES string of the molecule is CC(C)(C)OC(=O)N1CC2(CCC(O)CC2)C1F. The molecule has 0 aromatic carbocycles. The smallest absolute Gasteiger partial charge is 0.412 e. The molecule has 0 bridgehead atoms. The van der Waals surface area contributed by atoms with Crippen molar-refractivity contribution in [2.24, 2.45) is 5.41 Å². The Morgan fingerprint density at radius 1 is 1.39 bits per heavy atom. The van der Waals surface area contributed by atoms with Crippen LogP contribution < -0.4 is 0 Å². The first kappa shape index (κ1) is 13.6. The Balaban J connectivity index is 1.91. The maximum Gasteiger partial charge on any atom is 0.412 e. The fourth-order valence-electron chi connectivity index (χ4n) is 2.76. The van der Waals surface area contributed by atoms with Crippen LogP contribution >= 0.6 is 0 Å². The van der Waals surface area contributed by atoms with Gasteiger partial charge in [-0.15, -0.1) is 0 Å². The van der Waals surface area contributed by atoms with Gasteiger partial charge in [0.15, 0.2) is 6.30 Å². The summed E-state index contributed by atoms with van der Waals surface area (Å²) in [6.45, 7) is 5.72. The molecule has 1 N–H and O–H groups in total. The monoisotopic (exact) mass is 259 g/mol. The number of carbonyl (C=O) groups excluding carboxylic acids is 1. The van der Waals surface area contributed by atoms with E-state index >= 15 is 0 Å². The Labute approximate surface area is 107 Å². The highest BCUT2D eigenvalue weighted by Crippen LogP contribution is 2.49. The van der Waals surface area contributed by atoms with Crippen molar-refractivity contribution in [2.75, 3.05) is 6.54 Å². The van der Waals surface area contributed by atoms with E-state index in [1.807, 2.05) is 0 Å². The van der Waals surface area contributed by atoms with Crippen LogP contribution in [0.15, 0.2) is 0 Å². The van der Waals surface area contributed by atoms with Gasteiger partial charge in [0.2, 0.25) is 0 Å². The van der Waals surface area contributed by atoms with Gasteiger partial charge in [-0.1, -0.05) is 0 Å². The third-order valence-corrected chi connectivity index (χ3v) is 3.84. The van der Waals surface area contributed by atoms with Gasteiger partial charge in [0.25, 0.3) is 0 Å². The number of hydrogen-bond donors (Lipinski definition) is 1. The molecule has 1 heterocycles. The van der Waals surface area contributed by atoms with Crippen molar-refractivity contribution in [1.29, 1.82) is 0 Å². The predicted octanol–water partition coefficient (Wildman–Crippen LogP) is 2.45. The van der Waals surface area contributed by atoms with Crippen LogP contribution in [0, 0.1) is 5.41 Å². The zero-order valence-electron chi connectivity index (χ0n) is 11.3. The van der Waals surface area contributed by atoms with Crippen LogP contribution in [0.2, 0.25) is 0 Å². The van der Waals surface area contributed by atoms with Gasteiger partial charge in [-0.2, -0.15) is 0 Å². The Kier molecular flexibility index (Phi) is 3.30. The molecule has 0 aromatic heterocycles. The fourth-order valence-corrected chi connectivity index (χ4v) is 2.76. The van der Waals surface area contributed by atoms with E-state index in [9.17, 15) is 14.3 Å². The number of hydrogen-bond acceptors (Lipinski definition) is 3. The lowest BCUT2D eigenvalue weighted by Crippen LogP contribution is -2.66. The summed E-state index contributed by atoms with van der Waals surface area (Å²) in [7, 11) is 0. The molecule has 104 valence electrons. The Hall–Kier alpha value is -0.840. The summed E-state index contributed by atoms with van der Waals surface area (Å²) in [6.07, 6.45) is 0.402. The summed E-state index contributed by atoms with van der Waals surface area (Å²) in [5.74, 6) is 0. The average Bonchev–Trinajstić information content (AvgIpc) is 2.25. The van der Waals surface area contributed by atoms with Crippen LogP contribution in [0.1, 0.15) is 46.5 Å². The quantitative estimate of drug-likeness (QED) is 0.680. The van der Waals surface area contributed by atoms with E-state index in [-0.39, 0.29) is 6.10 Å². The third kappa shape index (κ3) is 2.46. The highest BCUT2D eigenvalue weighted by Gasteiger charge is 2.57. The molecule has 2 fully saturated rings. The molecule has 2 rings (SSSR count). The molecule has 1 saturated heterocycles. The lowest BCUT2D eigenvalue weighted by Gasteiger charge is -2.55. The summed E-state index contributed by atoms with van der Waals surface area (Å²) in [4.78, 5) is 12.9. The summed E-state index contributed by atoms with van der Waals surface area (Å²) in [6, 6.07) is 0. The molecule has 1 atom stereocenters. The second-order valence-corrected chi connectivity index (χ2v) is 6.54. The minimum Gasteiger partial charge on any atom is -0.444 e. The summed E-state index contributed by atoms with van der Waals surface area (Å²) in [5, 5.41) is 9.45. The van der Waals surface area contributed by atoms with Crippen molar-refractivity contribution in [3.63, 3.8) is 0 Å². The topological polar surface area (TPSA) is 49.8 Å². The molecule has 1 unspecified atom stereocenters. The molecule has 0 aromatic rings. The van der Waals surface area contributed by atoms with Crippen molar-refractivity contribution >= 4 is 6.09 Å². The van der Waals surface area contributed by atoms with Gasteiger partial charge in [0, 0.05) is 12.0 Å². The Morgan fingerprint density at radius 3 is 2.39 bits per heavy atom. The number of aliphatic hydroxyl groups is 1. The van der Waals surface area contributed by atoms with Crippen LogP contribution in [-0.4, -0.2) is 40.6 Å². The molecular formula is C13H22FNO3. The number of carbonyl (C=O) groups is 1. The van der Waals surface area contributed by atoms with E-state index in [1.165, 1.54) is 0 Å². The number of likely N-dealkylation sites (tertiary alicyclic amines) is 1. The minimum absolute atomic E-state index is 0.307. The van der Waals surface area contributed by atoms with Crippen molar-refractivity contribution in [3.05, 3.63) is 0 Å². The summed E-state index contributed by atoms with van der Waals surface area (Å²) >= 11 is 0. The van der Waals surface area contributed by atoms with Crippen molar-refractivity contribution in [1.82, 2.24) is 4.90 Å². The van der Waals surface area contributed by atoms with Crippen LogP contribution in [0.4, 0.5) is 9.18 Å². The first-order chi connectivity index (χ1) is 8.23.